The van der Waals surface area contributed by atoms with E-state index in [0.717, 1.165) is 11.8 Å². The molecule has 0 heterocycles. The molecule has 0 spiro atoms. The molecular weight excluding hydrogens is 508 g/mol. The van der Waals surface area contributed by atoms with Gasteiger partial charge in [0.2, 0.25) is 10.0 Å². The standard InChI is InChI=1S/C28H32N2O7S/c1-18-16-23(29-38(6,34)35)19(2)25(24(18)21-12-14-22(15-13-21)30(32)33)26(37-28(3,4)5)27(31)36-17-20-10-8-7-9-11-20/h7-16,26,29H,17H2,1-6H3/t26-/m0/s1. The second-order valence-electron chi connectivity index (χ2n) is 10.0. The maximum atomic E-state index is 13.6. The molecule has 0 aliphatic rings. The number of esters is 1. The largest absolute Gasteiger partial charge is 0.459 e. The first-order chi connectivity index (χ1) is 17.7. The van der Waals surface area contributed by atoms with Crippen molar-refractivity contribution < 1.29 is 27.6 Å². The van der Waals surface area contributed by atoms with Crippen LogP contribution in [0.25, 0.3) is 11.1 Å². The molecule has 0 aromatic heterocycles. The summed E-state index contributed by atoms with van der Waals surface area (Å²) in [5, 5.41) is 11.2. The maximum Gasteiger partial charge on any atom is 0.340 e. The maximum absolute atomic E-state index is 13.6. The molecule has 3 aromatic rings. The third-order valence-corrected chi connectivity index (χ3v) is 6.26. The van der Waals surface area contributed by atoms with E-state index in [1.165, 1.54) is 12.1 Å². The molecule has 0 aliphatic heterocycles. The Bertz CT molecular complexity index is 1430. The fourth-order valence-corrected chi connectivity index (χ4v) is 4.70. The smallest absolute Gasteiger partial charge is 0.340 e. The molecule has 0 saturated heterocycles. The summed E-state index contributed by atoms with van der Waals surface area (Å²) in [6.07, 6.45) is -0.174. The molecule has 0 fully saturated rings. The molecule has 202 valence electrons. The second kappa shape index (κ2) is 11.3. The summed E-state index contributed by atoms with van der Waals surface area (Å²) in [7, 11) is -3.64. The molecular formula is C28H32N2O7S. The van der Waals surface area contributed by atoms with Crippen molar-refractivity contribution in [1.29, 1.82) is 0 Å². The van der Waals surface area contributed by atoms with Gasteiger partial charge in [0, 0.05) is 17.7 Å². The van der Waals surface area contributed by atoms with Crippen molar-refractivity contribution in [3.8, 4) is 11.1 Å². The average molecular weight is 541 g/mol. The van der Waals surface area contributed by atoms with Crippen molar-refractivity contribution >= 4 is 27.4 Å². The van der Waals surface area contributed by atoms with Gasteiger partial charge in [-0.3, -0.25) is 14.8 Å². The van der Waals surface area contributed by atoms with Gasteiger partial charge in [-0.05, 0) is 80.6 Å². The zero-order valence-electron chi connectivity index (χ0n) is 22.3. The molecule has 1 N–H and O–H groups in total. The van der Waals surface area contributed by atoms with Crippen molar-refractivity contribution in [2.45, 2.75) is 52.9 Å². The number of nitrogens with one attached hydrogen (secondary N) is 1. The summed E-state index contributed by atoms with van der Waals surface area (Å²) in [5.74, 6) is -0.647. The number of benzene rings is 3. The third-order valence-electron chi connectivity index (χ3n) is 5.67. The number of hydrogen-bond acceptors (Lipinski definition) is 7. The van der Waals surface area contributed by atoms with Crippen molar-refractivity contribution in [3.05, 3.63) is 93.0 Å². The fourth-order valence-electron chi connectivity index (χ4n) is 4.09. The van der Waals surface area contributed by atoms with Crippen LogP contribution in [0.5, 0.6) is 0 Å². The Morgan fingerprint density at radius 1 is 1.05 bits per heavy atom. The van der Waals surface area contributed by atoms with Crippen molar-refractivity contribution in [1.82, 2.24) is 0 Å². The Hall–Kier alpha value is -3.76. The van der Waals surface area contributed by atoms with Crippen molar-refractivity contribution in [2.75, 3.05) is 11.0 Å². The van der Waals surface area contributed by atoms with E-state index in [1.54, 1.807) is 52.8 Å². The fraction of sp³-hybridized carbons (Fsp3) is 0.321. The number of rotatable bonds is 9. The first-order valence-electron chi connectivity index (χ1n) is 11.9. The highest BCUT2D eigenvalue weighted by Gasteiger charge is 2.34. The lowest BCUT2D eigenvalue weighted by Crippen LogP contribution is -2.30. The Labute approximate surface area is 223 Å². The van der Waals surface area contributed by atoms with Crippen LogP contribution in [-0.4, -0.2) is 31.2 Å². The van der Waals surface area contributed by atoms with E-state index in [1.807, 2.05) is 30.3 Å². The van der Waals surface area contributed by atoms with Crippen molar-refractivity contribution in [3.63, 3.8) is 0 Å². The number of carbonyl (C=O) groups is 1. The lowest BCUT2D eigenvalue weighted by Gasteiger charge is -2.30. The molecule has 3 rings (SSSR count). The molecule has 0 radical (unpaired) electrons. The minimum atomic E-state index is -3.64. The Morgan fingerprint density at radius 2 is 1.66 bits per heavy atom. The van der Waals surface area contributed by atoms with Crippen LogP contribution in [0, 0.1) is 24.0 Å². The van der Waals surface area contributed by atoms with Gasteiger partial charge >= 0.3 is 5.97 Å². The lowest BCUT2D eigenvalue weighted by atomic mass is 9.87. The average Bonchev–Trinajstić information content (AvgIpc) is 2.82. The number of non-ortho nitro benzene ring substituents is 1. The predicted molar refractivity (Wildman–Crippen MR) is 146 cm³/mol. The number of aryl methyl sites for hydroxylation is 1. The van der Waals surface area contributed by atoms with Gasteiger partial charge in [-0.15, -0.1) is 0 Å². The van der Waals surface area contributed by atoms with Gasteiger partial charge in [0.25, 0.3) is 5.69 Å². The normalized spacial score (nSPS) is 12.6. The molecule has 38 heavy (non-hydrogen) atoms. The number of carbonyl (C=O) groups excluding carboxylic acids is 1. The summed E-state index contributed by atoms with van der Waals surface area (Å²) in [5.41, 5.74) is 2.98. The first kappa shape index (κ1) is 28.8. The Kier molecular flexibility index (Phi) is 8.58. The van der Waals surface area contributed by atoms with Crippen LogP contribution in [0.15, 0.2) is 60.7 Å². The van der Waals surface area contributed by atoms with E-state index in [9.17, 15) is 23.3 Å². The molecule has 3 aromatic carbocycles. The molecule has 10 heteroatoms. The zero-order chi connectivity index (χ0) is 28.3. The van der Waals surface area contributed by atoms with Crippen LogP contribution in [0.3, 0.4) is 0 Å². The molecule has 0 unspecified atom stereocenters. The van der Waals surface area contributed by atoms with Gasteiger partial charge < -0.3 is 9.47 Å². The van der Waals surface area contributed by atoms with E-state index in [2.05, 4.69) is 4.72 Å². The van der Waals surface area contributed by atoms with Gasteiger partial charge in [0.1, 0.15) is 6.61 Å². The van der Waals surface area contributed by atoms with Gasteiger partial charge in [-0.25, -0.2) is 13.2 Å². The summed E-state index contributed by atoms with van der Waals surface area (Å²) < 4.78 is 38.7. The number of nitro benzene ring substituents is 1. The Balaban J connectivity index is 2.22. The number of sulfonamides is 1. The number of nitrogens with zero attached hydrogens (tertiary/aromatic N) is 1. The highest BCUT2D eigenvalue weighted by molar-refractivity contribution is 7.92. The SMILES string of the molecule is Cc1cc(NS(C)(=O)=O)c(C)c([C@H](OC(C)(C)C)C(=O)OCc2ccccc2)c1-c1ccc([N+](=O)[O-])cc1. The van der Waals surface area contributed by atoms with E-state index in [4.69, 9.17) is 9.47 Å². The van der Waals surface area contributed by atoms with Gasteiger partial charge in [-0.2, -0.15) is 0 Å². The minimum absolute atomic E-state index is 0.0237. The molecule has 0 saturated carbocycles. The summed E-state index contributed by atoms with van der Waals surface area (Å²) >= 11 is 0. The highest BCUT2D eigenvalue weighted by atomic mass is 32.2. The number of nitro groups is 1. The van der Waals surface area contributed by atoms with Crippen LogP contribution in [0.2, 0.25) is 0 Å². The van der Waals surface area contributed by atoms with Crippen LogP contribution >= 0.6 is 0 Å². The van der Waals surface area contributed by atoms with Crippen LogP contribution in [0.4, 0.5) is 11.4 Å². The second-order valence-corrected chi connectivity index (χ2v) is 11.8. The topological polar surface area (TPSA) is 125 Å². The third kappa shape index (κ3) is 7.39. The molecule has 0 amide bonds. The van der Waals surface area contributed by atoms with Crippen LogP contribution in [-0.2, 0) is 30.9 Å². The zero-order valence-corrected chi connectivity index (χ0v) is 23.1. The number of anilines is 1. The molecule has 9 nitrogen and oxygen atoms in total. The molecule has 0 bridgehead atoms. The monoisotopic (exact) mass is 540 g/mol. The quantitative estimate of drug-likeness (QED) is 0.205. The first-order valence-corrected chi connectivity index (χ1v) is 13.8. The van der Waals surface area contributed by atoms with Crippen LogP contribution in [0.1, 0.15) is 49.1 Å². The summed E-state index contributed by atoms with van der Waals surface area (Å²) in [4.78, 5) is 24.3. The van der Waals surface area contributed by atoms with Crippen LogP contribution < -0.4 is 4.72 Å². The predicted octanol–water partition coefficient (Wildman–Crippen LogP) is 5.85. The Morgan fingerprint density at radius 3 is 2.18 bits per heavy atom. The number of hydrogen-bond donors (Lipinski definition) is 1. The molecule has 1 atom stereocenters. The summed E-state index contributed by atoms with van der Waals surface area (Å²) in [6, 6.07) is 16.8. The van der Waals surface area contributed by atoms with Gasteiger partial charge in [-0.1, -0.05) is 30.3 Å². The van der Waals surface area contributed by atoms with Crippen molar-refractivity contribution in [2.24, 2.45) is 0 Å². The lowest BCUT2D eigenvalue weighted by molar-refractivity contribution is -0.384. The highest BCUT2D eigenvalue weighted by Crippen LogP contribution is 2.41. The van der Waals surface area contributed by atoms with Gasteiger partial charge in [0.15, 0.2) is 6.10 Å². The summed E-state index contributed by atoms with van der Waals surface area (Å²) in [6.45, 7) is 8.90. The van der Waals surface area contributed by atoms with E-state index in [-0.39, 0.29) is 12.3 Å². The van der Waals surface area contributed by atoms with E-state index < -0.39 is 32.6 Å². The van der Waals surface area contributed by atoms with E-state index >= 15 is 0 Å². The van der Waals surface area contributed by atoms with E-state index in [0.29, 0.717) is 33.5 Å². The van der Waals surface area contributed by atoms with Gasteiger partial charge in [0.05, 0.1) is 22.5 Å². The molecule has 0 aliphatic carbocycles. The minimum Gasteiger partial charge on any atom is -0.459 e. The number of ether oxygens (including phenoxy) is 2.